The molecule has 12 heavy (non-hydrogen) atoms. The van der Waals surface area contributed by atoms with E-state index in [1.54, 1.807) is 6.92 Å². The molecule has 0 aromatic carbocycles. The lowest BCUT2D eigenvalue weighted by Gasteiger charge is -2.07. The molecule has 0 heterocycles. The topological polar surface area (TPSA) is 35.2 Å². The van der Waals surface area contributed by atoms with Gasteiger partial charge in [0.1, 0.15) is 6.61 Å². The third-order valence-electron chi connectivity index (χ3n) is 0.813. The highest BCUT2D eigenvalue weighted by atomic mass is 32.2. The highest BCUT2D eigenvalue weighted by Crippen LogP contribution is 2.15. The van der Waals surface area contributed by atoms with Crippen LogP contribution in [0.25, 0.3) is 0 Å². The molecule has 0 aliphatic heterocycles. The largest absolute Gasteiger partial charge is 0.411 e. The van der Waals surface area contributed by atoms with E-state index in [1.807, 2.05) is 0 Å². The van der Waals surface area contributed by atoms with Crippen LogP contribution in [-0.2, 0) is 4.74 Å². The maximum Gasteiger partial charge on any atom is 0.411 e. The summed E-state index contributed by atoms with van der Waals surface area (Å²) >= 11 is 1.25. The molecular weight excluding hydrogens is 191 g/mol. The van der Waals surface area contributed by atoms with Crippen LogP contribution in [0.2, 0.25) is 0 Å². The molecule has 2 nitrogen and oxygen atoms in total. The van der Waals surface area contributed by atoms with Gasteiger partial charge in [-0.1, -0.05) is 0 Å². The monoisotopic (exact) mass is 203 g/mol. The maximum absolute atomic E-state index is 11.5. The van der Waals surface area contributed by atoms with Crippen LogP contribution in [0.1, 0.15) is 6.92 Å². The molecule has 0 amide bonds. The molecule has 6 heteroatoms. The van der Waals surface area contributed by atoms with Crippen LogP contribution in [0.5, 0.6) is 0 Å². The zero-order chi connectivity index (χ0) is 9.61. The first-order valence-electron chi connectivity index (χ1n) is 3.39. The minimum atomic E-state index is -4.23. The van der Waals surface area contributed by atoms with Gasteiger partial charge >= 0.3 is 6.18 Å². The molecule has 1 unspecified atom stereocenters. The molecule has 0 aromatic rings. The molecule has 0 radical (unpaired) electrons. The molecule has 0 bridgehead atoms. The third kappa shape index (κ3) is 10.1. The summed E-state index contributed by atoms with van der Waals surface area (Å²) in [5, 5.41) is 0. The summed E-state index contributed by atoms with van der Waals surface area (Å²) in [7, 11) is 0. The van der Waals surface area contributed by atoms with Gasteiger partial charge in [-0.2, -0.15) is 13.2 Å². The van der Waals surface area contributed by atoms with Crippen molar-refractivity contribution in [3.05, 3.63) is 0 Å². The number of halogens is 3. The average molecular weight is 203 g/mol. The second-order valence-electron chi connectivity index (χ2n) is 2.43. The number of rotatable bonds is 5. The van der Waals surface area contributed by atoms with Crippen molar-refractivity contribution in [3.8, 4) is 0 Å². The van der Waals surface area contributed by atoms with Gasteiger partial charge in [0.05, 0.1) is 5.94 Å². The fourth-order valence-corrected chi connectivity index (χ4v) is 1.12. The molecule has 0 aromatic heterocycles. The van der Waals surface area contributed by atoms with Gasteiger partial charge < -0.3 is 10.5 Å². The first-order chi connectivity index (χ1) is 5.42. The van der Waals surface area contributed by atoms with Crippen molar-refractivity contribution in [2.45, 2.75) is 19.1 Å². The number of alkyl halides is 3. The van der Waals surface area contributed by atoms with Crippen LogP contribution in [0.15, 0.2) is 0 Å². The second kappa shape index (κ2) is 5.66. The predicted octanol–water partition coefficient (Wildman–Crippen LogP) is 1.60. The highest BCUT2D eigenvalue weighted by Gasteiger charge is 2.27. The molecule has 0 spiro atoms. The van der Waals surface area contributed by atoms with Crippen LogP contribution >= 0.6 is 11.8 Å². The Morgan fingerprint density at radius 1 is 1.50 bits per heavy atom. The fraction of sp³-hybridized carbons (Fsp3) is 1.00. The Labute approximate surface area is 73.6 Å². The molecule has 74 valence electrons. The summed E-state index contributed by atoms with van der Waals surface area (Å²) in [6.45, 7) is 0.607. The lowest BCUT2D eigenvalue weighted by molar-refractivity contribution is -0.168. The van der Waals surface area contributed by atoms with Gasteiger partial charge in [-0.25, -0.2) is 0 Å². The summed E-state index contributed by atoms with van der Waals surface area (Å²) in [4.78, 5) is 0. The summed E-state index contributed by atoms with van der Waals surface area (Å²) < 4.78 is 38.8. The molecule has 0 saturated heterocycles. The van der Waals surface area contributed by atoms with Gasteiger partial charge in [-0.15, -0.1) is 11.8 Å². The van der Waals surface area contributed by atoms with Crippen LogP contribution < -0.4 is 5.73 Å². The standard InChI is InChI=1S/C6H12F3NOS/c1-5(10)2-12-4-11-3-6(7,8)9/h5H,2-4,10H2,1H3. The molecular formula is C6H12F3NOS. The van der Waals surface area contributed by atoms with E-state index >= 15 is 0 Å². The number of nitrogens with two attached hydrogens (primary N) is 1. The fourth-order valence-electron chi connectivity index (χ4n) is 0.450. The Morgan fingerprint density at radius 3 is 2.50 bits per heavy atom. The summed E-state index contributed by atoms with van der Waals surface area (Å²) in [5.74, 6) is 0.652. The lowest BCUT2D eigenvalue weighted by atomic mass is 10.4. The van der Waals surface area contributed by atoms with Gasteiger partial charge in [0, 0.05) is 11.8 Å². The Morgan fingerprint density at radius 2 is 2.08 bits per heavy atom. The van der Waals surface area contributed by atoms with E-state index in [0.29, 0.717) is 5.75 Å². The molecule has 0 aliphatic carbocycles. The molecule has 1 atom stereocenters. The van der Waals surface area contributed by atoms with Crippen molar-refractivity contribution >= 4 is 11.8 Å². The van der Waals surface area contributed by atoms with Crippen molar-refractivity contribution in [2.24, 2.45) is 5.73 Å². The Balaban J connectivity index is 3.12. The van der Waals surface area contributed by atoms with E-state index in [0.717, 1.165) is 0 Å². The first kappa shape index (κ1) is 12.1. The van der Waals surface area contributed by atoms with Gasteiger partial charge in [0.25, 0.3) is 0 Å². The normalized spacial score (nSPS) is 14.8. The smallest absolute Gasteiger partial charge is 0.361 e. The van der Waals surface area contributed by atoms with Crippen molar-refractivity contribution in [1.82, 2.24) is 0 Å². The quantitative estimate of drug-likeness (QED) is 0.544. The van der Waals surface area contributed by atoms with E-state index in [4.69, 9.17) is 5.73 Å². The predicted molar refractivity (Wildman–Crippen MR) is 43.0 cm³/mol. The summed E-state index contributed by atoms with van der Waals surface area (Å²) in [5.41, 5.74) is 5.36. The average Bonchev–Trinajstić information content (AvgIpc) is 1.83. The lowest BCUT2D eigenvalue weighted by Crippen LogP contribution is -2.19. The van der Waals surface area contributed by atoms with Crippen LogP contribution in [0.4, 0.5) is 13.2 Å². The van der Waals surface area contributed by atoms with Crippen molar-refractivity contribution in [1.29, 1.82) is 0 Å². The Kier molecular flexibility index (Phi) is 5.69. The van der Waals surface area contributed by atoms with Crippen LogP contribution in [0, 0.1) is 0 Å². The molecule has 0 aliphatic rings. The Bertz CT molecular complexity index is 118. The second-order valence-corrected chi connectivity index (χ2v) is 3.41. The minimum absolute atomic E-state index is 0.00973. The third-order valence-corrected chi connectivity index (χ3v) is 1.91. The van der Waals surface area contributed by atoms with E-state index in [-0.39, 0.29) is 12.0 Å². The van der Waals surface area contributed by atoms with E-state index in [9.17, 15) is 13.2 Å². The van der Waals surface area contributed by atoms with Gasteiger partial charge in [-0.05, 0) is 6.92 Å². The van der Waals surface area contributed by atoms with Crippen molar-refractivity contribution < 1.29 is 17.9 Å². The van der Waals surface area contributed by atoms with Gasteiger partial charge in [-0.3, -0.25) is 0 Å². The molecule has 0 fully saturated rings. The van der Waals surface area contributed by atoms with Gasteiger partial charge in [0.2, 0.25) is 0 Å². The zero-order valence-electron chi connectivity index (χ0n) is 6.73. The number of hydrogen-bond donors (Lipinski definition) is 1. The van der Waals surface area contributed by atoms with Crippen molar-refractivity contribution in [3.63, 3.8) is 0 Å². The van der Waals surface area contributed by atoms with Gasteiger partial charge in [0.15, 0.2) is 0 Å². The summed E-state index contributed by atoms with van der Waals surface area (Å²) in [6, 6.07) is -0.00973. The van der Waals surface area contributed by atoms with E-state index in [2.05, 4.69) is 4.74 Å². The first-order valence-corrected chi connectivity index (χ1v) is 4.55. The Hall–Kier alpha value is 0.0600. The zero-order valence-corrected chi connectivity index (χ0v) is 7.54. The number of thioether (sulfide) groups is 1. The molecule has 0 saturated carbocycles. The molecule has 0 rings (SSSR count). The van der Waals surface area contributed by atoms with E-state index < -0.39 is 12.8 Å². The maximum atomic E-state index is 11.5. The number of hydrogen-bond acceptors (Lipinski definition) is 3. The van der Waals surface area contributed by atoms with Crippen molar-refractivity contribution in [2.75, 3.05) is 18.3 Å². The van der Waals surface area contributed by atoms with Crippen LogP contribution in [0.3, 0.4) is 0 Å². The number of ether oxygens (including phenoxy) is 1. The SMILES string of the molecule is CC(N)CSCOCC(F)(F)F. The van der Waals surface area contributed by atoms with E-state index in [1.165, 1.54) is 11.8 Å². The molecule has 2 N–H and O–H groups in total. The summed E-state index contributed by atoms with van der Waals surface area (Å²) in [6.07, 6.45) is -4.23. The highest BCUT2D eigenvalue weighted by molar-refractivity contribution is 7.99. The van der Waals surface area contributed by atoms with Crippen LogP contribution in [-0.4, -0.2) is 30.5 Å². The minimum Gasteiger partial charge on any atom is -0.361 e.